The van der Waals surface area contributed by atoms with Crippen molar-refractivity contribution < 1.29 is 29.0 Å². The molecule has 1 aliphatic heterocycles. The Labute approximate surface area is 313 Å². The summed E-state index contributed by atoms with van der Waals surface area (Å²) in [5.41, 5.74) is -0.201. The van der Waals surface area contributed by atoms with Crippen LogP contribution >= 0.6 is 0 Å². The van der Waals surface area contributed by atoms with E-state index in [1.807, 2.05) is 0 Å². The number of nitrogens with one attached hydrogen (secondary N) is 1. The molecule has 12 unspecified atom stereocenters. The maximum Gasteiger partial charge on any atom is 0.306 e. The van der Waals surface area contributed by atoms with Crippen LogP contribution in [0.3, 0.4) is 0 Å². The molecule has 0 radical (unpaired) electrons. The molecule has 6 saturated carbocycles. The number of piperidine rings is 1. The molecular weight excluding hydrogens is 652 g/mol. The first-order chi connectivity index (χ1) is 24.3. The first-order valence-corrected chi connectivity index (χ1v) is 21.3. The predicted molar refractivity (Wildman–Crippen MR) is 201 cm³/mol. The van der Waals surface area contributed by atoms with Crippen LogP contribution in [0.1, 0.15) is 158 Å². The molecule has 7 rings (SSSR count). The largest absolute Gasteiger partial charge is 0.481 e. The zero-order valence-electron chi connectivity index (χ0n) is 33.8. The minimum absolute atomic E-state index is 0.00173. The molecule has 0 bridgehead atoms. The molecule has 7 fully saturated rings. The highest BCUT2D eigenvalue weighted by Crippen LogP contribution is 2.77. The molecule has 2 amide bonds. The highest BCUT2D eigenvalue weighted by molar-refractivity contribution is 5.86. The number of nitrogens with zero attached hydrogens (tertiary/aromatic N) is 1. The minimum atomic E-state index is -0.960. The summed E-state index contributed by atoms with van der Waals surface area (Å²) < 4.78 is 6.11. The molecule has 0 aromatic carbocycles. The molecule has 52 heavy (non-hydrogen) atoms. The molecule has 7 aliphatic rings. The van der Waals surface area contributed by atoms with Crippen molar-refractivity contribution >= 4 is 23.8 Å². The highest BCUT2D eigenvalue weighted by Gasteiger charge is 2.71. The summed E-state index contributed by atoms with van der Waals surface area (Å²) in [4.78, 5) is 54.5. The number of carboxylic acid groups (broad SMARTS) is 1. The number of hydrogen-bond donors (Lipinski definition) is 2. The van der Waals surface area contributed by atoms with E-state index < -0.39 is 11.9 Å². The van der Waals surface area contributed by atoms with Crippen molar-refractivity contribution in [2.24, 2.45) is 68.0 Å². The van der Waals surface area contributed by atoms with E-state index in [0.717, 1.165) is 83.7 Å². The fourth-order valence-corrected chi connectivity index (χ4v) is 14.9. The van der Waals surface area contributed by atoms with Crippen molar-refractivity contribution in [3.05, 3.63) is 0 Å². The maximum atomic E-state index is 14.7. The van der Waals surface area contributed by atoms with Gasteiger partial charge in [0.25, 0.3) is 0 Å². The average molecular weight is 723 g/mol. The van der Waals surface area contributed by atoms with E-state index in [1.54, 1.807) is 6.92 Å². The lowest BCUT2D eigenvalue weighted by Crippen LogP contribution is -2.68. The van der Waals surface area contributed by atoms with Crippen molar-refractivity contribution in [3.63, 3.8) is 0 Å². The third-order valence-electron chi connectivity index (χ3n) is 18.5. The Hall–Kier alpha value is -2.12. The molecule has 2 N–H and O–H groups in total. The maximum absolute atomic E-state index is 14.7. The molecule has 0 spiro atoms. The predicted octanol–water partition coefficient (Wildman–Crippen LogP) is 8.41. The molecule has 0 aromatic rings. The van der Waals surface area contributed by atoms with Crippen LogP contribution in [0.15, 0.2) is 0 Å². The third kappa shape index (κ3) is 5.54. The lowest BCUT2D eigenvalue weighted by Gasteiger charge is -2.72. The topological polar surface area (TPSA) is 113 Å². The van der Waals surface area contributed by atoms with Crippen molar-refractivity contribution in [2.45, 2.75) is 170 Å². The van der Waals surface area contributed by atoms with Crippen molar-refractivity contribution in [1.29, 1.82) is 0 Å². The quantitative estimate of drug-likeness (QED) is 0.255. The summed E-state index contributed by atoms with van der Waals surface area (Å²) in [5.74, 6) is 0.473. The van der Waals surface area contributed by atoms with Crippen molar-refractivity contribution in [3.8, 4) is 0 Å². The molecule has 6 aliphatic carbocycles. The molecule has 8 heteroatoms. The van der Waals surface area contributed by atoms with Gasteiger partial charge < -0.3 is 20.1 Å². The fraction of sp³-hybridized carbons (Fsp3) is 0.909. The Bertz CT molecular complexity index is 1450. The van der Waals surface area contributed by atoms with Crippen LogP contribution in [0.25, 0.3) is 0 Å². The van der Waals surface area contributed by atoms with Crippen LogP contribution < -0.4 is 5.32 Å². The molecule has 1 saturated heterocycles. The fourth-order valence-electron chi connectivity index (χ4n) is 14.9. The van der Waals surface area contributed by atoms with Gasteiger partial charge in [0.1, 0.15) is 6.10 Å². The number of fused-ring (bicyclic) bond motifs is 7. The molecule has 292 valence electrons. The van der Waals surface area contributed by atoms with Gasteiger partial charge in [-0.25, -0.2) is 0 Å². The number of amides is 2. The van der Waals surface area contributed by atoms with E-state index in [1.165, 1.54) is 25.7 Å². The van der Waals surface area contributed by atoms with Gasteiger partial charge in [0.2, 0.25) is 11.8 Å². The Morgan fingerprint density at radius 2 is 1.46 bits per heavy atom. The van der Waals surface area contributed by atoms with Crippen LogP contribution in [0.4, 0.5) is 0 Å². The zero-order valence-corrected chi connectivity index (χ0v) is 33.8. The molecule has 12 atom stereocenters. The zero-order chi connectivity index (χ0) is 37.6. The molecule has 8 nitrogen and oxygen atoms in total. The standard InChI is InChI=1S/C44H70N2O6/c1-27(37(49)50)25-35(47)52-34-17-19-41(6)31(40(34,4)5)16-20-43(8)32(41)15-14-28-29-13-12-18-44(29,22-21-42(28,43)7)38(51)45-33-26-30(39(33,2)3)36(48)46-23-10-9-11-24-46/h27-34H,9-26H2,1-8H3,(H,45,51)(H,49,50). The van der Waals surface area contributed by atoms with Crippen molar-refractivity contribution in [1.82, 2.24) is 10.2 Å². The van der Waals surface area contributed by atoms with Gasteiger partial charge in [-0.1, -0.05) is 61.8 Å². The number of carbonyl (C=O) groups is 4. The summed E-state index contributed by atoms with van der Waals surface area (Å²) in [5, 5.41) is 13.0. The number of likely N-dealkylation sites (tertiary alicyclic amines) is 1. The lowest BCUT2D eigenvalue weighted by molar-refractivity contribution is -0.247. The van der Waals surface area contributed by atoms with Gasteiger partial charge in [0.05, 0.1) is 17.8 Å². The van der Waals surface area contributed by atoms with Gasteiger partial charge >= 0.3 is 11.9 Å². The normalized spacial score (nSPS) is 45.2. The average Bonchev–Trinajstić information content (AvgIpc) is 3.53. The second-order valence-corrected chi connectivity index (χ2v) is 21.1. The first-order valence-electron chi connectivity index (χ1n) is 21.3. The smallest absolute Gasteiger partial charge is 0.306 e. The molecule has 0 aromatic heterocycles. The second-order valence-electron chi connectivity index (χ2n) is 21.1. The molecular formula is C44H70N2O6. The van der Waals surface area contributed by atoms with E-state index in [2.05, 4.69) is 58.7 Å². The van der Waals surface area contributed by atoms with Gasteiger partial charge in [-0.05, 0) is 135 Å². The Kier molecular flexibility index (Phi) is 9.53. The highest BCUT2D eigenvalue weighted by atomic mass is 16.5. The molecule has 1 heterocycles. The van der Waals surface area contributed by atoms with Crippen LogP contribution in [0.2, 0.25) is 0 Å². The second kappa shape index (κ2) is 13.0. The summed E-state index contributed by atoms with van der Waals surface area (Å²) in [6.07, 6.45) is 15.8. The number of ether oxygens (including phenoxy) is 1. The van der Waals surface area contributed by atoms with E-state index in [0.29, 0.717) is 29.6 Å². The van der Waals surface area contributed by atoms with Gasteiger partial charge in [0, 0.05) is 30.5 Å². The Morgan fingerprint density at radius 3 is 2.13 bits per heavy atom. The van der Waals surface area contributed by atoms with E-state index in [4.69, 9.17) is 4.74 Å². The SMILES string of the molecule is CC(CC(=O)OC1CCC2(C)C(CCC3(C)C2CCC2C4CCCC4(C(=O)NC4CC(C(=O)N5CCCCC5)C4(C)C)CCC23C)C1(C)C)C(=O)O. The summed E-state index contributed by atoms with van der Waals surface area (Å²) >= 11 is 0. The van der Waals surface area contributed by atoms with Gasteiger partial charge in [0.15, 0.2) is 0 Å². The van der Waals surface area contributed by atoms with Crippen LogP contribution in [0, 0.1) is 68.0 Å². The van der Waals surface area contributed by atoms with Gasteiger partial charge in [-0.3, -0.25) is 19.2 Å². The number of rotatable bonds is 7. The van der Waals surface area contributed by atoms with Gasteiger partial charge in [-0.2, -0.15) is 0 Å². The number of aliphatic carboxylic acids is 1. The van der Waals surface area contributed by atoms with Crippen LogP contribution in [-0.2, 0) is 23.9 Å². The van der Waals surface area contributed by atoms with Crippen molar-refractivity contribution in [2.75, 3.05) is 13.1 Å². The number of carboxylic acids is 1. The van der Waals surface area contributed by atoms with E-state index in [-0.39, 0.29) is 68.9 Å². The summed E-state index contributed by atoms with van der Waals surface area (Å²) in [6, 6.07) is 0.0597. The third-order valence-corrected chi connectivity index (χ3v) is 18.5. The Morgan fingerprint density at radius 1 is 0.750 bits per heavy atom. The number of carbonyl (C=O) groups excluding carboxylic acids is 3. The van der Waals surface area contributed by atoms with Crippen LogP contribution in [-0.4, -0.2) is 59.0 Å². The summed E-state index contributed by atoms with van der Waals surface area (Å²) in [7, 11) is 0. The monoisotopic (exact) mass is 723 g/mol. The van der Waals surface area contributed by atoms with E-state index >= 15 is 0 Å². The van der Waals surface area contributed by atoms with E-state index in [9.17, 15) is 24.3 Å². The summed E-state index contributed by atoms with van der Waals surface area (Å²) in [6.45, 7) is 20.1. The lowest BCUT2D eigenvalue weighted by atomic mass is 9.32. The van der Waals surface area contributed by atoms with Crippen LogP contribution in [0.5, 0.6) is 0 Å². The minimum Gasteiger partial charge on any atom is -0.481 e. The number of esters is 1. The Balaban J connectivity index is 1.05. The number of hydrogen-bond acceptors (Lipinski definition) is 5. The van der Waals surface area contributed by atoms with Gasteiger partial charge in [-0.15, -0.1) is 0 Å². The first kappa shape index (κ1) is 38.2.